The Bertz CT molecular complexity index is 405. The maximum Gasteiger partial charge on any atom is 0.0826 e. The van der Waals surface area contributed by atoms with Crippen LogP contribution >= 0.6 is 0 Å². The number of benzene rings is 1. The molecule has 1 heterocycles. The summed E-state index contributed by atoms with van der Waals surface area (Å²) < 4.78 is 5.89. The summed E-state index contributed by atoms with van der Waals surface area (Å²) in [6, 6.07) is 11.4. The number of nitrogens with one attached hydrogen (secondary N) is 1. The highest BCUT2D eigenvalue weighted by atomic mass is 16.5. The summed E-state index contributed by atoms with van der Waals surface area (Å²) in [5.74, 6) is 0.822. The molecule has 2 fully saturated rings. The molecule has 2 aliphatic rings. The van der Waals surface area contributed by atoms with Gasteiger partial charge in [-0.15, -0.1) is 0 Å². The Labute approximate surface area is 122 Å². The van der Waals surface area contributed by atoms with Gasteiger partial charge in [0.25, 0.3) is 0 Å². The van der Waals surface area contributed by atoms with Gasteiger partial charge < -0.3 is 10.1 Å². The van der Waals surface area contributed by atoms with Crippen LogP contribution in [0.2, 0.25) is 0 Å². The highest BCUT2D eigenvalue weighted by Gasteiger charge is 2.32. The van der Waals surface area contributed by atoms with E-state index in [1.54, 1.807) is 0 Å². The number of ether oxygens (including phenoxy) is 1. The van der Waals surface area contributed by atoms with E-state index in [2.05, 4.69) is 47.5 Å². The van der Waals surface area contributed by atoms with E-state index in [0.29, 0.717) is 12.1 Å². The van der Waals surface area contributed by atoms with Gasteiger partial charge in [-0.1, -0.05) is 37.3 Å². The first-order valence-corrected chi connectivity index (χ1v) is 7.99. The van der Waals surface area contributed by atoms with Gasteiger partial charge in [-0.25, -0.2) is 0 Å². The molecule has 0 radical (unpaired) electrons. The van der Waals surface area contributed by atoms with Gasteiger partial charge >= 0.3 is 0 Å². The van der Waals surface area contributed by atoms with Crippen LogP contribution in [0.25, 0.3) is 0 Å². The smallest absolute Gasteiger partial charge is 0.0826 e. The zero-order valence-corrected chi connectivity index (χ0v) is 12.4. The molecule has 3 heteroatoms. The van der Waals surface area contributed by atoms with Crippen molar-refractivity contribution >= 4 is 0 Å². The molecule has 20 heavy (non-hydrogen) atoms. The largest absolute Gasteiger partial charge is 0.374 e. The summed E-state index contributed by atoms with van der Waals surface area (Å²) in [5, 5.41) is 3.76. The van der Waals surface area contributed by atoms with E-state index in [-0.39, 0.29) is 0 Å². The normalized spacial score (nSPS) is 25.6. The second-order valence-corrected chi connectivity index (χ2v) is 6.02. The van der Waals surface area contributed by atoms with Crippen LogP contribution in [0.1, 0.15) is 31.4 Å². The summed E-state index contributed by atoms with van der Waals surface area (Å²) in [7, 11) is 0. The van der Waals surface area contributed by atoms with Crippen LogP contribution in [0.5, 0.6) is 0 Å². The van der Waals surface area contributed by atoms with E-state index >= 15 is 0 Å². The molecule has 2 atom stereocenters. The fourth-order valence-electron chi connectivity index (χ4n) is 3.10. The SMILES string of the molecule is CCN1CCOC(CNC(c2ccccc2)C2CC2)C1. The van der Waals surface area contributed by atoms with E-state index in [4.69, 9.17) is 4.74 Å². The Morgan fingerprint density at radius 1 is 1.30 bits per heavy atom. The third kappa shape index (κ3) is 3.60. The van der Waals surface area contributed by atoms with Crippen molar-refractivity contribution in [1.29, 1.82) is 0 Å². The lowest BCUT2D eigenvalue weighted by Crippen LogP contribution is -2.47. The molecule has 110 valence electrons. The van der Waals surface area contributed by atoms with Crippen molar-refractivity contribution in [2.24, 2.45) is 5.92 Å². The highest BCUT2D eigenvalue weighted by Crippen LogP contribution is 2.40. The summed E-state index contributed by atoms with van der Waals surface area (Å²) in [5.41, 5.74) is 1.43. The maximum absolute atomic E-state index is 5.89. The van der Waals surface area contributed by atoms with E-state index in [1.165, 1.54) is 18.4 Å². The predicted octanol–water partition coefficient (Wildman–Crippen LogP) is 2.45. The van der Waals surface area contributed by atoms with Gasteiger partial charge in [-0.2, -0.15) is 0 Å². The fraction of sp³-hybridized carbons (Fsp3) is 0.647. The van der Waals surface area contributed by atoms with Gasteiger partial charge in [0.05, 0.1) is 12.7 Å². The average Bonchev–Trinajstić information content (AvgIpc) is 3.34. The third-order valence-corrected chi connectivity index (χ3v) is 4.49. The Morgan fingerprint density at radius 3 is 2.80 bits per heavy atom. The molecule has 3 nitrogen and oxygen atoms in total. The molecule has 2 unspecified atom stereocenters. The molecule has 1 aliphatic carbocycles. The van der Waals surface area contributed by atoms with Crippen LogP contribution in [0, 0.1) is 5.92 Å². The molecular formula is C17H26N2O. The van der Waals surface area contributed by atoms with Crippen molar-refractivity contribution in [1.82, 2.24) is 10.2 Å². The molecule has 1 saturated carbocycles. The van der Waals surface area contributed by atoms with Crippen LogP contribution in [0.3, 0.4) is 0 Å². The number of nitrogens with zero attached hydrogens (tertiary/aromatic N) is 1. The van der Waals surface area contributed by atoms with Gasteiger partial charge in [0.2, 0.25) is 0 Å². The molecule has 3 rings (SSSR count). The molecule has 0 amide bonds. The molecule has 1 N–H and O–H groups in total. The first-order valence-electron chi connectivity index (χ1n) is 7.99. The van der Waals surface area contributed by atoms with Crippen LogP contribution in [0.4, 0.5) is 0 Å². The van der Waals surface area contributed by atoms with Crippen molar-refractivity contribution < 1.29 is 4.74 Å². The van der Waals surface area contributed by atoms with Crippen molar-refractivity contribution in [3.05, 3.63) is 35.9 Å². The first-order chi connectivity index (χ1) is 9.86. The number of rotatable bonds is 6. The van der Waals surface area contributed by atoms with Crippen LogP contribution in [0.15, 0.2) is 30.3 Å². The van der Waals surface area contributed by atoms with E-state index in [0.717, 1.165) is 38.7 Å². The minimum atomic E-state index is 0.341. The molecule has 1 aliphatic heterocycles. The quantitative estimate of drug-likeness (QED) is 0.862. The van der Waals surface area contributed by atoms with Crippen molar-refractivity contribution in [3.63, 3.8) is 0 Å². The lowest BCUT2D eigenvalue weighted by atomic mass is 10.0. The fourth-order valence-corrected chi connectivity index (χ4v) is 3.10. The summed E-state index contributed by atoms with van der Waals surface area (Å²) in [6.45, 7) is 7.34. The second kappa shape index (κ2) is 6.70. The van der Waals surface area contributed by atoms with Crippen LogP contribution < -0.4 is 5.32 Å². The minimum Gasteiger partial charge on any atom is -0.374 e. The van der Waals surface area contributed by atoms with Crippen molar-refractivity contribution in [3.8, 4) is 0 Å². The predicted molar refractivity (Wildman–Crippen MR) is 81.8 cm³/mol. The summed E-state index contributed by atoms with van der Waals surface area (Å²) >= 11 is 0. The van der Waals surface area contributed by atoms with Crippen molar-refractivity contribution in [2.75, 3.05) is 32.8 Å². The average molecular weight is 274 g/mol. The van der Waals surface area contributed by atoms with Gasteiger partial charge in [0.1, 0.15) is 0 Å². The van der Waals surface area contributed by atoms with Gasteiger partial charge in [0.15, 0.2) is 0 Å². The third-order valence-electron chi connectivity index (χ3n) is 4.49. The summed E-state index contributed by atoms with van der Waals surface area (Å²) in [4.78, 5) is 2.48. The molecule has 1 saturated heterocycles. The molecule has 1 aromatic carbocycles. The topological polar surface area (TPSA) is 24.5 Å². The lowest BCUT2D eigenvalue weighted by Gasteiger charge is -2.33. The Hall–Kier alpha value is -0.900. The highest BCUT2D eigenvalue weighted by molar-refractivity contribution is 5.21. The van der Waals surface area contributed by atoms with Crippen LogP contribution in [-0.4, -0.2) is 43.8 Å². The number of hydrogen-bond donors (Lipinski definition) is 1. The molecular weight excluding hydrogens is 248 g/mol. The zero-order valence-electron chi connectivity index (χ0n) is 12.4. The zero-order chi connectivity index (χ0) is 13.8. The van der Waals surface area contributed by atoms with Gasteiger partial charge in [-0.3, -0.25) is 4.90 Å². The molecule has 0 bridgehead atoms. The first kappa shape index (κ1) is 14.1. The lowest BCUT2D eigenvalue weighted by molar-refractivity contribution is -0.0266. The minimum absolute atomic E-state index is 0.341. The Morgan fingerprint density at radius 2 is 2.10 bits per heavy atom. The number of hydrogen-bond acceptors (Lipinski definition) is 3. The molecule has 1 aromatic rings. The van der Waals surface area contributed by atoms with E-state index < -0.39 is 0 Å². The van der Waals surface area contributed by atoms with Crippen LogP contribution in [-0.2, 0) is 4.74 Å². The molecule has 0 aromatic heterocycles. The maximum atomic E-state index is 5.89. The second-order valence-electron chi connectivity index (χ2n) is 6.02. The van der Waals surface area contributed by atoms with Gasteiger partial charge in [0, 0.05) is 25.7 Å². The van der Waals surface area contributed by atoms with Crippen molar-refractivity contribution in [2.45, 2.75) is 31.9 Å². The Kier molecular flexibility index (Phi) is 4.71. The summed E-state index contributed by atoms with van der Waals surface area (Å²) in [6.07, 6.45) is 3.06. The van der Waals surface area contributed by atoms with E-state index in [9.17, 15) is 0 Å². The standard InChI is InChI=1S/C17H26N2O/c1-2-19-10-11-20-16(13-19)12-18-17(15-8-9-15)14-6-4-3-5-7-14/h3-7,15-18H,2,8-13H2,1H3. The molecule has 0 spiro atoms. The van der Waals surface area contributed by atoms with Gasteiger partial charge in [-0.05, 0) is 30.9 Å². The Balaban J connectivity index is 1.55. The number of likely N-dealkylation sites (N-methyl/N-ethyl adjacent to an activating group) is 1. The monoisotopic (exact) mass is 274 g/mol. The van der Waals surface area contributed by atoms with E-state index in [1.807, 2.05) is 0 Å². The number of morpholine rings is 1.